The van der Waals surface area contributed by atoms with Gasteiger partial charge in [-0.25, -0.2) is 13.8 Å². The van der Waals surface area contributed by atoms with Gasteiger partial charge in [0.15, 0.2) is 5.82 Å². The number of nitrogens with zero attached hydrogens (tertiary/aromatic N) is 5. The van der Waals surface area contributed by atoms with Crippen molar-refractivity contribution >= 4 is 23.2 Å². The SMILES string of the molecule is Fc1cc(F)c(-c2c(Cl)nc3ncnn3c2N2OC3CCC2C3)c(C(F)(F)F)c1. The maximum Gasteiger partial charge on any atom is 0.417 e. The van der Waals surface area contributed by atoms with Crippen molar-refractivity contribution in [1.82, 2.24) is 19.6 Å². The average Bonchev–Trinajstić information content (AvgIpc) is 3.36. The van der Waals surface area contributed by atoms with Gasteiger partial charge in [0.2, 0.25) is 0 Å². The molecule has 1 aliphatic heterocycles. The van der Waals surface area contributed by atoms with Gasteiger partial charge >= 0.3 is 6.18 Å². The van der Waals surface area contributed by atoms with Crippen LogP contribution in [0.2, 0.25) is 5.15 Å². The molecule has 1 aliphatic carbocycles. The molecule has 29 heavy (non-hydrogen) atoms. The van der Waals surface area contributed by atoms with Crippen LogP contribution in [0.4, 0.5) is 27.8 Å². The van der Waals surface area contributed by atoms with Gasteiger partial charge in [0, 0.05) is 11.6 Å². The monoisotopic (exact) mass is 431 g/mol. The van der Waals surface area contributed by atoms with Gasteiger partial charge in [-0.2, -0.15) is 32.8 Å². The quantitative estimate of drug-likeness (QED) is 0.444. The first kappa shape index (κ1) is 18.5. The lowest BCUT2D eigenvalue weighted by Gasteiger charge is -2.30. The molecule has 1 saturated carbocycles. The van der Waals surface area contributed by atoms with E-state index < -0.39 is 34.1 Å². The fourth-order valence-corrected chi connectivity index (χ4v) is 4.22. The molecule has 2 aliphatic rings. The largest absolute Gasteiger partial charge is 0.417 e. The molecule has 152 valence electrons. The van der Waals surface area contributed by atoms with Crippen molar-refractivity contribution in [2.75, 3.05) is 5.06 Å². The van der Waals surface area contributed by atoms with E-state index in [2.05, 4.69) is 15.1 Å². The number of alkyl halides is 3. The molecule has 6 nitrogen and oxygen atoms in total. The van der Waals surface area contributed by atoms with E-state index in [1.165, 1.54) is 5.06 Å². The molecule has 3 aromatic rings. The maximum atomic E-state index is 14.8. The van der Waals surface area contributed by atoms with E-state index in [0.717, 1.165) is 23.7 Å². The molecule has 2 atom stereocenters. The lowest BCUT2D eigenvalue weighted by molar-refractivity contribution is -0.137. The van der Waals surface area contributed by atoms with E-state index in [4.69, 9.17) is 16.4 Å². The molecule has 12 heteroatoms. The van der Waals surface area contributed by atoms with Gasteiger partial charge in [-0.15, -0.1) is 0 Å². The summed E-state index contributed by atoms with van der Waals surface area (Å²) < 4.78 is 70.5. The Kier molecular flexibility index (Phi) is 3.97. The molecule has 1 aromatic carbocycles. The topological polar surface area (TPSA) is 55.5 Å². The number of hydrogen-bond acceptors (Lipinski definition) is 5. The Bertz CT molecular complexity index is 1130. The van der Waals surface area contributed by atoms with Gasteiger partial charge in [0.25, 0.3) is 5.78 Å². The maximum absolute atomic E-state index is 14.8. The van der Waals surface area contributed by atoms with Crippen LogP contribution in [-0.2, 0) is 11.0 Å². The summed E-state index contributed by atoms with van der Waals surface area (Å²) in [6.07, 6.45) is -1.81. The highest BCUT2D eigenvalue weighted by molar-refractivity contribution is 6.33. The van der Waals surface area contributed by atoms with Crippen LogP contribution in [0.1, 0.15) is 24.8 Å². The summed E-state index contributed by atoms with van der Waals surface area (Å²) in [5, 5.41) is 4.96. The van der Waals surface area contributed by atoms with Crippen LogP contribution < -0.4 is 5.06 Å². The number of benzene rings is 1. The third kappa shape index (κ3) is 2.83. The molecule has 2 fully saturated rings. The highest BCUT2D eigenvalue weighted by Crippen LogP contribution is 2.48. The summed E-state index contributed by atoms with van der Waals surface area (Å²) >= 11 is 6.21. The van der Waals surface area contributed by atoms with Gasteiger partial charge < -0.3 is 0 Å². The Morgan fingerprint density at radius 2 is 1.93 bits per heavy atom. The second-order valence-corrected chi connectivity index (χ2v) is 7.26. The predicted molar refractivity (Wildman–Crippen MR) is 91.1 cm³/mol. The van der Waals surface area contributed by atoms with Crippen LogP contribution >= 0.6 is 11.6 Å². The van der Waals surface area contributed by atoms with Crippen LogP contribution in [0.15, 0.2) is 18.5 Å². The molecule has 0 radical (unpaired) electrons. The number of rotatable bonds is 2. The third-order valence-electron chi connectivity index (χ3n) is 5.13. The Morgan fingerprint density at radius 3 is 2.59 bits per heavy atom. The summed E-state index contributed by atoms with van der Waals surface area (Å²) in [6.45, 7) is 0. The minimum absolute atomic E-state index is 0.0104. The zero-order valence-electron chi connectivity index (χ0n) is 14.4. The molecule has 0 N–H and O–H groups in total. The van der Waals surface area contributed by atoms with E-state index in [1.54, 1.807) is 0 Å². The predicted octanol–water partition coefficient (Wildman–Crippen LogP) is 4.41. The minimum atomic E-state index is -5.04. The molecule has 3 heterocycles. The van der Waals surface area contributed by atoms with Crippen LogP contribution in [0.25, 0.3) is 16.9 Å². The van der Waals surface area contributed by atoms with E-state index in [0.29, 0.717) is 12.5 Å². The van der Waals surface area contributed by atoms with E-state index >= 15 is 0 Å². The lowest BCUT2D eigenvalue weighted by Crippen LogP contribution is -2.33. The number of hydrogen-bond donors (Lipinski definition) is 0. The van der Waals surface area contributed by atoms with Crippen molar-refractivity contribution in [1.29, 1.82) is 0 Å². The average molecular weight is 432 g/mol. The fourth-order valence-electron chi connectivity index (χ4n) is 3.97. The lowest BCUT2D eigenvalue weighted by atomic mass is 9.99. The smallest absolute Gasteiger partial charge is 0.268 e. The fraction of sp³-hybridized carbons (Fsp3) is 0.353. The first-order valence-corrected chi connectivity index (χ1v) is 9.03. The second kappa shape index (κ2) is 6.23. The molecule has 0 spiro atoms. The molecule has 0 amide bonds. The van der Waals surface area contributed by atoms with Gasteiger partial charge in [0.1, 0.15) is 23.1 Å². The van der Waals surface area contributed by atoms with Crippen molar-refractivity contribution in [3.63, 3.8) is 0 Å². The number of aromatic nitrogens is 4. The van der Waals surface area contributed by atoms with Gasteiger partial charge in [-0.1, -0.05) is 11.6 Å². The van der Waals surface area contributed by atoms with Crippen LogP contribution in [0.3, 0.4) is 0 Å². The number of hydroxylamine groups is 1. The standard InChI is InChI=1S/C17H11ClF5N5O/c18-14-13(12-10(17(21,22)23)3-7(19)4-11(12)20)15(27-16(26-14)24-6-25-27)28-8-1-2-9(5-8)29-28/h3-4,6,8-9H,1-2,5H2. The highest BCUT2D eigenvalue weighted by Gasteiger charge is 2.44. The van der Waals surface area contributed by atoms with Gasteiger partial charge in [-0.3, -0.25) is 4.84 Å². The van der Waals surface area contributed by atoms with Crippen molar-refractivity contribution in [2.45, 2.75) is 37.6 Å². The molecular formula is C17H11ClF5N5O. The molecule has 2 unspecified atom stereocenters. The van der Waals surface area contributed by atoms with Crippen molar-refractivity contribution < 1.29 is 26.8 Å². The Hall–Kier alpha value is -2.53. The van der Waals surface area contributed by atoms with E-state index in [-0.39, 0.29) is 35.4 Å². The van der Waals surface area contributed by atoms with Crippen molar-refractivity contribution in [2.24, 2.45) is 0 Å². The molecule has 5 rings (SSSR count). The molecular weight excluding hydrogens is 421 g/mol. The summed E-state index contributed by atoms with van der Waals surface area (Å²) in [5.74, 6) is -2.80. The Labute approximate surface area is 164 Å². The van der Waals surface area contributed by atoms with Crippen LogP contribution in [-0.4, -0.2) is 31.7 Å². The summed E-state index contributed by atoms with van der Waals surface area (Å²) in [4.78, 5) is 13.7. The zero-order valence-corrected chi connectivity index (χ0v) is 15.2. The number of anilines is 1. The van der Waals surface area contributed by atoms with Gasteiger partial charge in [-0.05, 0) is 25.3 Å². The minimum Gasteiger partial charge on any atom is -0.268 e. The summed E-state index contributed by atoms with van der Waals surface area (Å²) in [5.41, 5.74) is -2.82. The normalized spacial score (nSPS) is 21.5. The summed E-state index contributed by atoms with van der Waals surface area (Å²) in [6, 6.07) is 0.441. The van der Waals surface area contributed by atoms with Gasteiger partial charge in [0.05, 0.1) is 23.3 Å². The second-order valence-electron chi connectivity index (χ2n) is 6.90. The van der Waals surface area contributed by atoms with E-state index in [1.807, 2.05) is 0 Å². The Morgan fingerprint density at radius 1 is 1.14 bits per heavy atom. The molecule has 2 aromatic heterocycles. The van der Waals surface area contributed by atoms with Crippen molar-refractivity contribution in [3.05, 3.63) is 40.8 Å². The van der Waals surface area contributed by atoms with Crippen LogP contribution in [0.5, 0.6) is 0 Å². The Balaban J connectivity index is 1.86. The summed E-state index contributed by atoms with van der Waals surface area (Å²) in [7, 11) is 0. The number of fused-ring (bicyclic) bond motifs is 3. The van der Waals surface area contributed by atoms with E-state index in [9.17, 15) is 22.0 Å². The zero-order chi connectivity index (χ0) is 20.5. The first-order chi connectivity index (χ1) is 13.7. The molecule has 2 bridgehead atoms. The first-order valence-electron chi connectivity index (χ1n) is 8.66. The molecule has 1 saturated heterocycles. The number of halogens is 6. The van der Waals surface area contributed by atoms with Crippen molar-refractivity contribution in [3.8, 4) is 11.1 Å². The van der Waals surface area contributed by atoms with Crippen LogP contribution in [0, 0.1) is 11.6 Å². The highest BCUT2D eigenvalue weighted by atomic mass is 35.5. The third-order valence-corrected chi connectivity index (χ3v) is 5.40.